The first kappa shape index (κ1) is 17.9. The summed E-state index contributed by atoms with van der Waals surface area (Å²) in [6, 6.07) is 10.3. The predicted molar refractivity (Wildman–Crippen MR) is 97.2 cm³/mol. The molecule has 26 heavy (non-hydrogen) atoms. The van der Waals surface area contributed by atoms with Crippen LogP contribution in [0.25, 0.3) is 0 Å². The molecule has 0 fully saturated rings. The summed E-state index contributed by atoms with van der Waals surface area (Å²) in [6.45, 7) is 2.04. The molecule has 0 aliphatic heterocycles. The Morgan fingerprint density at radius 1 is 1.27 bits per heavy atom. The van der Waals surface area contributed by atoms with Crippen LogP contribution in [0.5, 0.6) is 0 Å². The second-order valence-electron chi connectivity index (χ2n) is 5.76. The number of hydrogen-bond acceptors (Lipinski definition) is 5. The van der Waals surface area contributed by atoms with E-state index in [0.29, 0.717) is 35.4 Å². The molecule has 0 radical (unpaired) electrons. The Bertz CT molecular complexity index is 980. The number of rotatable bonds is 6. The maximum atomic E-state index is 12.1. The highest BCUT2D eigenvalue weighted by atomic mass is 35.5. The molecule has 0 aliphatic rings. The van der Waals surface area contributed by atoms with Crippen molar-refractivity contribution in [3.8, 4) is 0 Å². The summed E-state index contributed by atoms with van der Waals surface area (Å²) in [6.07, 6.45) is 2.15. The van der Waals surface area contributed by atoms with E-state index in [1.807, 2.05) is 18.2 Å². The van der Waals surface area contributed by atoms with E-state index in [1.54, 1.807) is 25.3 Å². The first-order chi connectivity index (χ1) is 12.5. The molecule has 0 saturated carbocycles. The third kappa shape index (κ3) is 4.58. The normalized spacial score (nSPS) is 10.7. The summed E-state index contributed by atoms with van der Waals surface area (Å²) in [4.78, 5) is 28.2. The maximum Gasteiger partial charge on any atom is 0.250 e. The Morgan fingerprint density at radius 2 is 2.08 bits per heavy atom. The molecule has 0 spiro atoms. The molecule has 8 heteroatoms. The molecule has 2 heterocycles. The van der Waals surface area contributed by atoms with E-state index < -0.39 is 0 Å². The molecule has 134 valence electrons. The summed E-state index contributed by atoms with van der Waals surface area (Å²) < 4.78 is 6.48. The van der Waals surface area contributed by atoms with Gasteiger partial charge in [-0.2, -0.15) is 4.98 Å². The maximum absolute atomic E-state index is 12.1. The van der Waals surface area contributed by atoms with Crippen molar-refractivity contribution < 1.29 is 9.32 Å². The van der Waals surface area contributed by atoms with Gasteiger partial charge < -0.3 is 14.4 Å². The Balaban J connectivity index is 1.66. The van der Waals surface area contributed by atoms with Crippen molar-refractivity contribution in [2.24, 2.45) is 0 Å². The first-order valence-corrected chi connectivity index (χ1v) is 8.42. The van der Waals surface area contributed by atoms with E-state index >= 15 is 0 Å². The highest BCUT2D eigenvalue weighted by Crippen LogP contribution is 2.16. The highest BCUT2D eigenvalue weighted by molar-refractivity contribution is 6.31. The molecule has 0 atom stereocenters. The molecule has 1 N–H and O–H groups in total. The number of nitrogens with zero attached hydrogens (tertiary/aromatic N) is 3. The smallest absolute Gasteiger partial charge is 0.250 e. The molecule has 3 aromatic rings. The van der Waals surface area contributed by atoms with Crippen molar-refractivity contribution in [1.29, 1.82) is 0 Å². The van der Waals surface area contributed by atoms with E-state index in [-0.39, 0.29) is 17.9 Å². The monoisotopic (exact) mass is 372 g/mol. The zero-order valence-corrected chi connectivity index (χ0v) is 14.9. The lowest BCUT2D eigenvalue weighted by Gasteiger charge is -2.10. The minimum absolute atomic E-state index is 0.177. The molecule has 0 unspecified atom stereocenters. The van der Waals surface area contributed by atoms with Gasteiger partial charge in [0.05, 0.1) is 12.2 Å². The third-order valence-corrected chi connectivity index (χ3v) is 4.07. The van der Waals surface area contributed by atoms with Gasteiger partial charge in [-0.15, -0.1) is 0 Å². The second-order valence-corrected chi connectivity index (χ2v) is 6.17. The van der Waals surface area contributed by atoms with Crippen LogP contribution >= 0.6 is 11.6 Å². The number of carbonyl (C=O) groups is 1. The summed E-state index contributed by atoms with van der Waals surface area (Å²) >= 11 is 6.15. The SMILES string of the molecule is Cc1noc(CCC(=O)Nc2ccc(=O)n(Cc3ccccc3Cl)c2)n1. The van der Waals surface area contributed by atoms with Gasteiger partial charge in [0, 0.05) is 30.1 Å². The van der Waals surface area contributed by atoms with Crippen molar-refractivity contribution in [3.63, 3.8) is 0 Å². The lowest BCUT2D eigenvalue weighted by molar-refractivity contribution is -0.116. The second kappa shape index (κ2) is 7.97. The van der Waals surface area contributed by atoms with Gasteiger partial charge in [0.25, 0.3) is 5.56 Å². The number of nitrogens with one attached hydrogen (secondary N) is 1. The molecule has 1 aromatic carbocycles. The van der Waals surface area contributed by atoms with Gasteiger partial charge in [-0.25, -0.2) is 0 Å². The number of carbonyl (C=O) groups excluding carboxylic acids is 1. The molecular formula is C18H17ClN4O3. The number of hydrogen-bond donors (Lipinski definition) is 1. The zero-order chi connectivity index (χ0) is 18.5. The molecule has 0 aliphatic carbocycles. The van der Waals surface area contributed by atoms with E-state index in [2.05, 4.69) is 15.5 Å². The van der Waals surface area contributed by atoms with Crippen molar-refractivity contribution >= 4 is 23.2 Å². The third-order valence-electron chi connectivity index (χ3n) is 3.70. The van der Waals surface area contributed by atoms with Crippen LogP contribution in [-0.4, -0.2) is 20.6 Å². The van der Waals surface area contributed by atoms with Crippen LogP contribution in [0.15, 0.2) is 51.9 Å². The standard InChI is InChI=1S/C18H17ClN4O3/c1-12-20-17(26-22-12)8-7-16(24)21-14-6-9-18(25)23(11-14)10-13-4-2-3-5-15(13)19/h2-6,9,11H,7-8,10H2,1H3,(H,21,24). The van der Waals surface area contributed by atoms with Crippen LogP contribution in [0.1, 0.15) is 23.7 Å². The number of amides is 1. The lowest BCUT2D eigenvalue weighted by Crippen LogP contribution is -2.21. The Hall–Kier alpha value is -2.93. The van der Waals surface area contributed by atoms with E-state index in [9.17, 15) is 9.59 Å². The minimum atomic E-state index is -0.205. The Morgan fingerprint density at radius 3 is 2.81 bits per heavy atom. The molecule has 0 bridgehead atoms. The number of halogens is 1. The number of benzene rings is 1. The average Bonchev–Trinajstić information content (AvgIpc) is 3.03. The van der Waals surface area contributed by atoms with Crippen molar-refractivity contribution in [3.05, 3.63) is 75.3 Å². The van der Waals surface area contributed by atoms with Crippen molar-refractivity contribution in [1.82, 2.24) is 14.7 Å². The van der Waals surface area contributed by atoms with Gasteiger partial charge in [-0.3, -0.25) is 9.59 Å². The van der Waals surface area contributed by atoms with Gasteiger partial charge in [-0.1, -0.05) is 35.0 Å². The fourth-order valence-corrected chi connectivity index (χ4v) is 2.62. The number of aromatic nitrogens is 3. The van der Waals surface area contributed by atoms with Crippen LogP contribution in [0.3, 0.4) is 0 Å². The van der Waals surface area contributed by atoms with E-state index in [0.717, 1.165) is 5.56 Å². The van der Waals surface area contributed by atoms with Gasteiger partial charge >= 0.3 is 0 Å². The first-order valence-electron chi connectivity index (χ1n) is 8.04. The van der Waals surface area contributed by atoms with Crippen LogP contribution in [0, 0.1) is 6.92 Å². The molecule has 2 aromatic heterocycles. The topological polar surface area (TPSA) is 90.0 Å². The Labute approximate surface area is 154 Å². The zero-order valence-electron chi connectivity index (χ0n) is 14.1. The molecule has 7 nitrogen and oxygen atoms in total. The Kier molecular flexibility index (Phi) is 5.48. The van der Waals surface area contributed by atoms with Gasteiger partial charge in [-0.05, 0) is 24.6 Å². The van der Waals surface area contributed by atoms with E-state index in [1.165, 1.54) is 10.6 Å². The fourth-order valence-electron chi connectivity index (χ4n) is 2.42. The quantitative estimate of drug-likeness (QED) is 0.718. The number of pyridine rings is 1. The largest absolute Gasteiger partial charge is 0.339 e. The van der Waals surface area contributed by atoms with Crippen LogP contribution in [0.2, 0.25) is 5.02 Å². The summed E-state index contributed by atoms with van der Waals surface area (Å²) in [5.41, 5.74) is 1.18. The lowest BCUT2D eigenvalue weighted by atomic mass is 10.2. The van der Waals surface area contributed by atoms with Gasteiger partial charge in [0.1, 0.15) is 0 Å². The minimum Gasteiger partial charge on any atom is -0.339 e. The number of aryl methyl sites for hydroxylation is 2. The molecule has 0 saturated heterocycles. The van der Waals surface area contributed by atoms with Crippen molar-refractivity contribution in [2.75, 3.05) is 5.32 Å². The van der Waals surface area contributed by atoms with Crippen LogP contribution in [0.4, 0.5) is 5.69 Å². The number of anilines is 1. The summed E-state index contributed by atoms with van der Waals surface area (Å²) in [5.74, 6) is 0.747. The van der Waals surface area contributed by atoms with Crippen LogP contribution < -0.4 is 10.9 Å². The average molecular weight is 373 g/mol. The fraction of sp³-hybridized carbons (Fsp3) is 0.222. The van der Waals surface area contributed by atoms with Gasteiger partial charge in [0.2, 0.25) is 11.8 Å². The molecule has 3 rings (SSSR count). The predicted octanol–water partition coefficient (Wildman–Crippen LogP) is 2.81. The van der Waals surface area contributed by atoms with E-state index in [4.69, 9.17) is 16.1 Å². The van der Waals surface area contributed by atoms with Gasteiger partial charge in [0.15, 0.2) is 5.82 Å². The highest BCUT2D eigenvalue weighted by Gasteiger charge is 2.09. The van der Waals surface area contributed by atoms with Crippen LogP contribution in [-0.2, 0) is 17.8 Å². The molecular weight excluding hydrogens is 356 g/mol. The summed E-state index contributed by atoms with van der Waals surface area (Å²) in [5, 5.41) is 7.03. The summed E-state index contributed by atoms with van der Waals surface area (Å²) in [7, 11) is 0. The van der Waals surface area contributed by atoms with Crippen molar-refractivity contribution in [2.45, 2.75) is 26.3 Å². The molecule has 1 amide bonds.